The van der Waals surface area contributed by atoms with E-state index in [4.69, 9.17) is 0 Å². The standard InChI is InChI=1S/C26H30N2O3S/c1-4-20-11-12-22(5-2)24(17-20)18-27-26(29)23-13-15-25(16-14-23)28(32(3,30)31)19-21-9-7-6-8-10-21/h6-17H,4-5,18-19H2,1-3H3,(H,27,29). The Morgan fingerprint density at radius 3 is 2.12 bits per heavy atom. The second kappa shape index (κ2) is 10.5. The number of nitrogens with zero attached hydrogens (tertiary/aromatic N) is 1. The molecule has 0 spiro atoms. The summed E-state index contributed by atoms with van der Waals surface area (Å²) in [6.45, 7) is 4.91. The molecule has 32 heavy (non-hydrogen) atoms. The number of hydrogen-bond donors (Lipinski definition) is 1. The molecule has 1 N–H and O–H groups in total. The van der Waals surface area contributed by atoms with Gasteiger partial charge >= 0.3 is 0 Å². The SMILES string of the molecule is CCc1ccc(CC)c(CNC(=O)c2ccc(N(Cc3ccccc3)S(C)(=O)=O)cc2)c1. The highest BCUT2D eigenvalue weighted by molar-refractivity contribution is 7.92. The zero-order chi connectivity index (χ0) is 23.1. The Hall–Kier alpha value is -3.12. The van der Waals surface area contributed by atoms with Crippen LogP contribution in [0.5, 0.6) is 0 Å². The Bertz CT molecular complexity index is 1160. The van der Waals surface area contributed by atoms with Gasteiger partial charge in [0.15, 0.2) is 0 Å². The first kappa shape index (κ1) is 23.5. The summed E-state index contributed by atoms with van der Waals surface area (Å²) in [6.07, 6.45) is 3.05. The molecule has 0 aliphatic rings. The van der Waals surface area contributed by atoms with Gasteiger partial charge in [-0.25, -0.2) is 8.42 Å². The Morgan fingerprint density at radius 1 is 0.844 bits per heavy atom. The fraction of sp³-hybridized carbons (Fsp3) is 0.269. The minimum Gasteiger partial charge on any atom is -0.348 e. The molecule has 6 heteroatoms. The monoisotopic (exact) mass is 450 g/mol. The van der Waals surface area contributed by atoms with Crippen LogP contribution in [0.1, 0.15) is 46.5 Å². The summed E-state index contributed by atoms with van der Waals surface area (Å²) in [7, 11) is -3.48. The number of benzene rings is 3. The van der Waals surface area contributed by atoms with Crippen LogP contribution in [0.3, 0.4) is 0 Å². The third-order valence-corrected chi connectivity index (χ3v) is 6.63. The number of anilines is 1. The van der Waals surface area contributed by atoms with Crippen molar-refractivity contribution < 1.29 is 13.2 Å². The molecule has 0 bridgehead atoms. The van der Waals surface area contributed by atoms with Crippen LogP contribution in [-0.2, 0) is 36.0 Å². The average Bonchev–Trinajstić information content (AvgIpc) is 2.81. The molecule has 3 rings (SSSR count). The molecule has 0 aliphatic heterocycles. The van der Waals surface area contributed by atoms with E-state index in [1.807, 2.05) is 30.3 Å². The quantitative estimate of drug-likeness (QED) is 0.514. The van der Waals surface area contributed by atoms with E-state index in [1.54, 1.807) is 24.3 Å². The lowest BCUT2D eigenvalue weighted by Crippen LogP contribution is -2.29. The van der Waals surface area contributed by atoms with Gasteiger partial charge in [0.2, 0.25) is 10.0 Å². The van der Waals surface area contributed by atoms with Crippen LogP contribution in [0, 0.1) is 0 Å². The molecule has 5 nitrogen and oxygen atoms in total. The molecule has 0 fully saturated rings. The highest BCUT2D eigenvalue weighted by Gasteiger charge is 2.18. The fourth-order valence-corrected chi connectivity index (χ4v) is 4.50. The third kappa shape index (κ3) is 5.98. The molecular weight excluding hydrogens is 420 g/mol. The second-order valence-corrected chi connectivity index (χ2v) is 9.70. The van der Waals surface area contributed by atoms with Crippen LogP contribution < -0.4 is 9.62 Å². The summed E-state index contributed by atoms with van der Waals surface area (Å²) in [6, 6.07) is 22.5. The van der Waals surface area contributed by atoms with Crippen molar-refractivity contribution in [1.29, 1.82) is 0 Å². The molecule has 0 aromatic heterocycles. The maximum absolute atomic E-state index is 12.7. The molecule has 0 saturated carbocycles. The van der Waals surface area contributed by atoms with Gasteiger partial charge in [-0.2, -0.15) is 0 Å². The van der Waals surface area contributed by atoms with E-state index in [0.29, 0.717) is 17.8 Å². The fourth-order valence-electron chi connectivity index (χ4n) is 3.61. The minimum absolute atomic E-state index is 0.186. The van der Waals surface area contributed by atoms with Crippen LogP contribution in [0.2, 0.25) is 0 Å². The van der Waals surface area contributed by atoms with Crippen LogP contribution in [0.4, 0.5) is 5.69 Å². The summed E-state index contributed by atoms with van der Waals surface area (Å²) < 4.78 is 26.1. The molecule has 3 aromatic carbocycles. The van der Waals surface area contributed by atoms with Crippen molar-refractivity contribution in [3.63, 3.8) is 0 Å². The molecular formula is C26H30N2O3S. The predicted octanol–water partition coefficient (Wildman–Crippen LogP) is 4.71. The maximum atomic E-state index is 12.7. The van der Waals surface area contributed by atoms with Crippen LogP contribution >= 0.6 is 0 Å². The van der Waals surface area contributed by atoms with Crippen molar-refractivity contribution in [2.75, 3.05) is 10.6 Å². The third-order valence-electron chi connectivity index (χ3n) is 5.49. The Morgan fingerprint density at radius 2 is 1.53 bits per heavy atom. The summed E-state index contributed by atoms with van der Waals surface area (Å²) in [5.41, 5.74) is 5.50. The Labute approximate surface area is 191 Å². The summed E-state index contributed by atoms with van der Waals surface area (Å²) in [4.78, 5) is 12.7. The smallest absolute Gasteiger partial charge is 0.251 e. The summed E-state index contributed by atoms with van der Waals surface area (Å²) in [5.74, 6) is -0.186. The summed E-state index contributed by atoms with van der Waals surface area (Å²) >= 11 is 0. The zero-order valence-corrected chi connectivity index (χ0v) is 19.7. The molecule has 0 heterocycles. The van der Waals surface area contributed by atoms with E-state index in [1.165, 1.54) is 21.7 Å². The van der Waals surface area contributed by atoms with E-state index >= 15 is 0 Å². The Kier molecular flexibility index (Phi) is 7.70. The van der Waals surface area contributed by atoms with Crippen molar-refractivity contribution in [3.05, 3.63) is 101 Å². The molecule has 0 radical (unpaired) electrons. The first-order valence-corrected chi connectivity index (χ1v) is 12.7. The highest BCUT2D eigenvalue weighted by Crippen LogP contribution is 2.21. The van der Waals surface area contributed by atoms with Crippen LogP contribution in [0.15, 0.2) is 72.8 Å². The van der Waals surface area contributed by atoms with E-state index in [9.17, 15) is 13.2 Å². The lowest BCUT2D eigenvalue weighted by Gasteiger charge is -2.22. The molecule has 0 saturated heterocycles. The van der Waals surface area contributed by atoms with E-state index < -0.39 is 10.0 Å². The van der Waals surface area contributed by atoms with Crippen molar-refractivity contribution in [3.8, 4) is 0 Å². The number of rotatable bonds is 9. The topological polar surface area (TPSA) is 66.5 Å². The van der Waals surface area contributed by atoms with Gasteiger partial charge in [0.1, 0.15) is 0 Å². The van der Waals surface area contributed by atoms with Gasteiger partial charge in [-0.3, -0.25) is 9.10 Å². The molecule has 3 aromatic rings. The van der Waals surface area contributed by atoms with Crippen molar-refractivity contribution in [1.82, 2.24) is 5.32 Å². The van der Waals surface area contributed by atoms with Crippen molar-refractivity contribution in [2.45, 2.75) is 39.8 Å². The lowest BCUT2D eigenvalue weighted by atomic mass is 10.0. The van der Waals surface area contributed by atoms with Gasteiger partial charge < -0.3 is 5.32 Å². The van der Waals surface area contributed by atoms with Gasteiger partial charge in [0.25, 0.3) is 5.91 Å². The second-order valence-electron chi connectivity index (χ2n) is 7.79. The number of aryl methyl sites for hydroxylation is 2. The highest BCUT2D eigenvalue weighted by atomic mass is 32.2. The van der Waals surface area contributed by atoms with E-state index in [-0.39, 0.29) is 12.5 Å². The molecule has 0 atom stereocenters. The van der Waals surface area contributed by atoms with Crippen LogP contribution in [-0.4, -0.2) is 20.6 Å². The largest absolute Gasteiger partial charge is 0.348 e. The van der Waals surface area contributed by atoms with Crippen LogP contribution in [0.25, 0.3) is 0 Å². The first-order valence-electron chi connectivity index (χ1n) is 10.8. The van der Waals surface area contributed by atoms with Gasteiger partial charge in [0, 0.05) is 12.1 Å². The average molecular weight is 451 g/mol. The number of carbonyl (C=O) groups excluding carboxylic acids is 1. The van der Waals surface area contributed by atoms with Crippen molar-refractivity contribution in [2.24, 2.45) is 0 Å². The van der Waals surface area contributed by atoms with Gasteiger partial charge in [0.05, 0.1) is 18.5 Å². The first-order chi connectivity index (χ1) is 15.3. The maximum Gasteiger partial charge on any atom is 0.251 e. The number of sulfonamides is 1. The van der Waals surface area contributed by atoms with E-state index in [2.05, 4.69) is 37.4 Å². The Balaban J connectivity index is 1.73. The van der Waals surface area contributed by atoms with Gasteiger partial charge in [-0.05, 0) is 59.4 Å². The summed E-state index contributed by atoms with van der Waals surface area (Å²) in [5, 5.41) is 2.99. The number of nitrogens with one attached hydrogen (secondary N) is 1. The number of hydrogen-bond acceptors (Lipinski definition) is 3. The normalized spacial score (nSPS) is 11.2. The predicted molar refractivity (Wildman–Crippen MR) is 130 cm³/mol. The van der Waals surface area contributed by atoms with Gasteiger partial charge in [-0.15, -0.1) is 0 Å². The van der Waals surface area contributed by atoms with Gasteiger partial charge in [-0.1, -0.05) is 62.4 Å². The molecule has 1 amide bonds. The van der Waals surface area contributed by atoms with Crippen molar-refractivity contribution >= 4 is 21.6 Å². The molecule has 0 aliphatic carbocycles. The molecule has 0 unspecified atom stereocenters. The minimum atomic E-state index is -3.48. The number of carbonyl (C=O) groups is 1. The number of amides is 1. The lowest BCUT2D eigenvalue weighted by molar-refractivity contribution is 0.0951. The molecule has 168 valence electrons. The van der Waals surface area contributed by atoms with E-state index in [0.717, 1.165) is 24.0 Å². The zero-order valence-electron chi connectivity index (χ0n) is 18.8.